The molecule has 1 aromatic carbocycles. The molecule has 5 heteroatoms. The molecule has 1 amide bonds. The summed E-state index contributed by atoms with van der Waals surface area (Å²) < 4.78 is 5.00. The van der Waals surface area contributed by atoms with Crippen molar-refractivity contribution >= 4 is 17.6 Å². The van der Waals surface area contributed by atoms with Crippen LogP contribution in [-0.2, 0) is 4.79 Å². The Morgan fingerprint density at radius 2 is 2.12 bits per heavy atom. The number of ether oxygens (including phenoxy) is 1. The molecule has 0 bridgehead atoms. The van der Waals surface area contributed by atoms with Crippen molar-refractivity contribution in [1.29, 1.82) is 0 Å². The highest BCUT2D eigenvalue weighted by Crippen LogP contribution is 2.25. The van der Waals surface area contributed by atoms with Gasteiger partial charge in [0.2, 0.25) is 5.91 Å². The van der Waals surface area contributed by atoms with Crippen LogP contribution < -0.4 is 10.1 Å². The lowest BCUT2D eigenvalue weighted by Gasteiger charge is -2.09. The Morgan fingerprint density at radius 1 is 1.44 bits per heavy atom. The Balaban J connectivity index is 3.02. The van der Waals surface area contributed by atoms with Crippen molar-refractivity contribution in [3.63, 3.8) is 0 Å². The van der Waals surface area contributed by atoms with Crippen LogP contribution in [0.15, 0.2) is 18.2 Å². The van der Waals surface area contributed by atoms with Crippen molar-refractivity contribution in [2.24, 2.45) is 0 Å². The average molecular weight is 223 g/mol. The van der Waals surface area contributed by atoms with Gasteiger partial charge in [-0.15, -0.1) is 0 Å². The summed E-state index contributed by atoms with van der Waals surface area (Å²) in [6.07, 6.45) is 0.351. The molecule has 0 aliphatic carbocycles. The fourth-order valence-corrected chi connectivity index (χ4v) is 1.17. The van der Waals surface area contributed by atoms with Gasteiger partial charge in [-0.3, -0.25) is 4.79 Å². The molecule has 0 heterocycles. The Labute approximate surface area is 93.0 Å². The van der Waals surface area contributed by atoms with Crippen LogP contribution in [0.5, 0.6) is 5.75 Å². The molecule has 0 radical (unpaired) electrons. The smallest absolute Gasteiger partial charge is 0.335 e. The molecule has 1 rings (SSSR count). The van der Waals surface area contributed by atoms with Gasteiger partial charge in [0.15, 0.2) is 0 Å². The van der Waals surface area contributed by atoms with Crippen LogP contribution in [0, 0.1) is 0 Å². The molecular weight excluding hydrogens is 210 g/mol. The van der Waals surface area contributed by atoms with E-state index in [1.165, 1.54) is 25.3 Å². The first-order valence-corrected chi connectivity index (χ1v) is 4.79. The van der Waals surface area contributed by atoms with Gasteiger partial charge in [0, 0.05) is 6.42 Å². The second-order valence-corrected chi connectivity index (χ2v) is 3.12. The number of carbonyl (C=O) groups excluding carboxylic acids is 1. The first-order chi connectivity index (χ1) is 7.58. The highest BCUT2D eigenvalue weighted by Gasteiger charge is 2.10. The summed E-state index contributed by atoms with van der Waals surface area (Å²) in [6, 6.07) is 4.29. The van der Waals surface area contributed by atoms with Gasteiger partial charge >= 0.3 is 5.97 Å². The summed E-state index contributed by atoms with van der Waals surface area (Å²) >= 11 is 0. The minimum absolute atomic E-state index is 0.117. The van der Waals surface area contributed by atoms with Gasteiger partial charge in [-0.05, 0) is 18.2 Å². The van der Waals surface area contributed by atoms with Gasteiger partial charge in [-0.1, -0.05) is 6.92 Å². The first-order valence-electron chi connectivity index (χ1n) is 4.79. The summed E-state index contributed by atoms with van der Waals surface area (Å²) in [5.74, 6) is -0.852. The van der Waals surface area contributed by atoms with Crippen LogP contribution in [0.4, 0.5) is 5.69 Å². The normalized spacial score (nSPS) is 9.62. The SMILES string of the molecule is CCC(=O)Nc1ccc(C(=O)O)cc1OC. The minimum Gasteiger partial charge on any atom is -0.495 e. The topological polar surface area (TPSA) is 75.6 Å². The third-order valence-corrected chi connectivity index (χ3v) is 2.04. The maximum absolute atomic E-state index is 11.2. The first kappa shape index (κ1) is 12.0. The van der Waals surface area contributed by atoms with Crippen LogP contribution in [-0.4, -0.2) is 24.1 Å². The summed E-state index contributed by atoms with van der Waals surface area (Å²) in [7, 11) is 1.42. The standard InChI is InChI=1S/C11H13NO4/c1-3-10(13)12-8-5-4-7(11(14)15)6-9(8)16-2/h4-6H,3H2,1-2H3,(H,12,13)(H,14,15). The third kappa shape index (κ3) is 2.73. The minimum atomic E-state index is -1.04. The van der Waals surface area contributed by atoms with Crippen LogP contribution in [0.2, 0.25) is 0 Å². The molecule has 0 saturated carbocycles. The van der Waals surface area contributed by atoms with E-state index < -0.39 is 5.97 Å². The number of hydrogen-bond donors (Lipinski definition) is 2. The van der Waals surface area contributed by atoms with Crippen LogP contribution in [0.25, 0.3) is 0 Å². The second kappa shape index (κ2) is 5.16. The number of aromatic carboxylic acids is 1. The van der Waals surface area contributed by atoms with Gasteiger partial charge in [0.25, 0.3) is 0 Å². The third-order valence-electron chi connectivity index (χ3n) is 2.04. The highest BCUT2D eigenvalue weighted by atomic mass is 16.5. The van der Waals surface area contributed by atoms with Crippen molar-refractivity contribution in [1.82, 2.24) is 0 Å². The Kier molecular flexibility index (Phi) is 3.88. The number of rotatable bonds is 4. The van der Waals surface area contributed by atoms with E-state index in [-0.39, 0.29) is 11.5 Å². The molecule has 16 heavy (non-hydrogen) atoms. The van der Waals surface area contributed by atoms with Crippen LogP contribution >= 0.6 is 0 Å². The summed E-state index contributed by atoms with van der Waals surface area (Å²) in [5, 5.41) is 11.4. The summed E-state index contributed by atoms with van der Waals surface area (Å²) in [5.41, 5.74) is 0.589. The zero-order valence-electron chi connectivity index (χ0n) is 9.11. The number of carboxylic acids is 1. The zero-order valence-corrected chi connectivity index (χ0v) is 9.11. The van der Waals surface area contributed by atoms with Crippen LogP contribution in [0.1, 0.15) is 23.7 Å². The molecule has 0 unspecified atom stereocenters. The number of carbonyl (C=O) groups is 2. The van der Waals surface area contributed by atoms with E-state index in [9.17, 15) is 9.59 Å². The maximum atomic E-state index is 11.2. The molecule has 5 nitrogen and oxygen atoms in total. The van der Waals surface area contributed by atoms with Crippen molar-refractivity contribution in [2.75, 3.05) is 12.4 Å². The van der Waals surface area contributed by atoms with E-state index in [0.717, 1.165) is 0 Å². The second-order valence-electron chi connectivity index (χ2n) is 3.12. The van der Waals surface area contributed by atoms with Crippen molar-refractivity contribution in [3.8, 4) is 5.75 Å². The molecule has 1 aromatic rings. The van der Waals surface area contributed by atoms with E-state index >= 15 is 0 Å². The van der Waals surface area contributed by atoms with E-state index in [0.29, 0.717) is 17.9 Å². The number of hydrogen-bond acceptors (Lipinski definition) is 3. The van der Waals surface area contributed by atoms with Crippen molar-refractivity contribution in [2.45, 2.75) is 13.3 Å². The monoisotopic (exact) mass is 223 g/mol. The maximum Gasteiger partial charge on any atom is 0.335 e. The van der Waals surface area contributed by atoms with E-state index in [1.807, 2.05) is 0 Å². The zero-order chi connectivity index (χ0) is 12.1. The van der Waals surface area contributed by atoms with E-state index in [1.54, 1.807) is 6.92 Å². The molecule has 0 aliphatic heterocycles. The molecule has 2 N–H and O–H groups in total. The lowest BCUT2D eigenvalue weighted by Crippen LogP contribution is -2.11. The number of amides is 1. The van der Waals surface area contributed by atoms with Gasteiger partial charge < -0.3 is 15.2 Å². The molecule has 0 aliphatic rings. The number of nitrogens with one attached hydrogen (secondary N) is 1. The Morgan fingerprint density at radius 3 is 2.62 bits per heavy atom. The summed E-state index contributed by atoms with van der Waals surface area (Å²) in [4.78, 5) is 21.9. The molecule has 0 atom stereocenters. The lowest BCUT2D eigenvalue weighted by atomic mass is 10.2. The van der Waals surface area contributed by atoms with Gasteiger partial charge in [-0.25, -0.2) is 4.79 Å². The van der Waals surface area contributed by atoms with E-state index in [4.69, 9.17) is 9.84 Å². The molecule has 0 saturated heterocycles. The van der Waals surface area contributed by atoms with Crippen molar-refractivity contribution < 1.29 is 19.4 Å². The molecule has 0 aromatic heterocycles. The number of anilines is 1. The molecule has 86 valence electrons. The highest BCUT2D eigenvalue weighted by molar-refractivity contribution is 5.94. The molecule has 0 spiro atoms. The van der Waals surface area contributed by atoms with Gasteiger partial charge in [-0.2, -0.15) is 0 Å². The lowest BCUT2D eigenvalue weighted by molar-refractivity contribution is -0.115. The fraction of sp³-hybridized carbons (Fsp3) is 0.273. The van der Waals surface area contributed by atoms with Gasteiger partial charge in [0.05, 0.1) is 18.4 Å². The van der Waals surface area contributed by atoms with Crippen molar-refractivity contribution in [3.05, 3.63) is 23.8 Å². The number of benzene rings is 1. The average Bonchev–Trinajstić information content (AvgIpc) is 2.29. The predicted octanol–water partition coefficient (Wildman–Crippen LogP) is 1.74. The van der Waals surface area contributed by atoms with Crippen LogP contribution in [0.3, 0.4) is 0 Å². The van der Waals surface area contributed by atoms with E-state index in [2.05, 4.69) is 5.32 Å². The molecule has 0 fully saturated rings. The van der Waals surface area contributed by atoms with Gasteiger partial charge in [0.1, 0.15) is 5.75 Å². The quantitative estimate of drug-likeness (QED) is 0.815. The number of methoxy groups -OCH3 is 1. The Bertz CT molecular complexity index is 414. The number of carboxylic acid groups (broad SMARTS) is 1. The Hall–Kier alpha value is -2.04. The summed E-state index contributed by atoms with van der Waals surface area (Å²) in [6.45, 7) is 1.73. The largest absolute Gasteiger partial charge is 0.495 e. The molecular formula is C11H13NO4. The predicted molar refractivity (Wildman–Crippen MR) is 58.9 cm³/mol. The fourth-order valence-electron chi connectivity index (χ4n) is 1.17.